The van der Waals surface area contributed by atoms with Crippen LogP contribution in [0.5, 0.6) is 0 Å². The summed E-state index contributed by atoms with van der Waals surface area (Å²) in [6.45, 7) is 7.21. The number of rotatable bonds is 2. The molecule has 120 valence electrons. The molecule has 0 aromatic heterocycles. The minimum Gasteiger partial charge on any atom is -0.481 e. The van der Waals surface area contributed by atoms with Crippen LogP contribution in [0.2, 0.25) is 0 Å². The van der Waals surface area contributed by atoms with Crippen LogP contribution in [-0.4, -0.2) is 53.1 Å². The summed E-state index contributed by atoms with van der Waals surface area (Å²) in [6.07, 6.45) is 4.81. The monoisotopic (exact) mass is 296 g/mol. The van der Waals surface area contributed by atoms with E-state index in [9.17, 15) is 9.59 Å². The number of hydrogen-bond donors (Lipinski definition) is 1. The molecule has 2 heterocycles. The second-order valence-electron chi connectivity index (χ2n) is 6.83. The first-order valence-corrected chi connectivity index (χ1v) is 8.25. The van der Waals surface area contributed by atoms with Gasteiger partial charge in [-0.25, -0.2) is 4.79 Å². The summed E-state index contributed by atoms with van der Waals surface area (Å²) in [5, 5.41) is 9.14. The number of carboxylic acid groups (broad SMARTS) is 1. The zero-order chi connectivity index (χ0) is 15.4. The minimum absolute atomic E-state index is 0.0466. The van der Waals surface area contributed by atoms with Gasteiger partial charge in [0.1, 0.15) is 0 Å². The third-order valence-electron chi connectivity index (χ3n) is 5.03. The van der Waals surface area contributed by atoms with Crippen LogP contribution in [0.1, 0.15) is 46.0 Å². The highest BCUT2D eigenvalue weighted by Gasteiger charge is 2.31. The van der Waals surface area contributed by atoms with E-state index in [-0.39, 0.29) is 6.03 Å². The lowest BCUT2D eigenvalue weighted by Gasteiger charge is -2.35. The number of aliphatic carboxylic acids is 1. The van der Waals surface area contributed by atoms with Gasteiger partial charge in [0, 0.05) is 26.2 Å². The molecule has 2 rings (SSSR count). The summed E-state index contributed by atoms with van der Waals surface area (Å²) >= 11 is 0. The van der Waals surface area contributed by atoms with Crippen LogP contribution in [0.25, 0.3) is 0 Å². The van der Waals surface area contributed by atoms with Crippen molar-refractivity contribution < 1.29 is 14.7 Å². The summed E-state index contributed by atoms with van der Waals surface area (Å²) in [6, 6.07) is 0.0466. The van der Waals surface area contributed by atoms with E-state index in [1.54, 1.807) is 4.90 Å². The van der Waals surface area contributed by atoms with Gasteiger partial charge in [0.15, 0.2) is 0 Å². The van der Waals surface area contributed by atoms with Crippen molar-refractivity contribution in [1.82, 2.24) is 9.80 Å². The molecule has 0 aromatic rings. The van der Waals surface area contributed by atoms with Crippen LogP contribution >= 0.6 is 0 Å². The highest BCUT2D eigenvalue weighted by atomic mass is 16.4. The number of likely N-dealkylation sites (tertiary alicyclic amines) is 2. The second-order valence-corrected chi connectivity index (χ2v) is 6.83. The van der Waals surface area contributed by atoms with Gasteiger partial charge in [-0.1, -0.05) is 13.8 Å². The van der Waals surface area contributed by atoms with E-state index < -0.39 is 11.9 Å². The maximum atomic E-state index is 12.6. The number of carbonyl (C=O) groups excluding carboxylic acids is 1. The third kappa shape index (κ3) is 4.11. The Morgan fingerprint density at radius 3 is 2.33 bits per heavy atom. The van der Waals surface area contributed by atoms with Crippen molar-refractivity contribution in [2.24, 2.45) is 17.8 Å². The molecule has 0 saturated carbocycles. The van der Waals surface area contributed by atoms with Crippen LogP contribution in [0, 0.1) is 17.8 Å². The Balaban J connectivity index is 1.91. The SMILES string of the molecule is CC(C)C1CCCN(C(=O)N2CCCC(C(=O)O)C2)CC1. The standard InChI is InChI=1S/C16H28N2O3/c1-12(2)13-5-3-8-17(10-7-13)16(21)18-9-4-6-14(11-18)15(19)20/h12-14H,3-11H2,1-2H3,(H,19,20). The topological polar surface area (TPSA) is 60.9 Å². The van der Waals surface area contributed by atoms with Crippen molar-refractivity contribution in [2.75, 3.05) is 26.2 Å². The van der Waals surface area contributed by atoms with Gasteiger partial charge in [-0.2, -0.15) is 0 Å². The molecule has 5 heteroatoms. The van der Waals surface area contributed by atoms with Gasteiger partial charge >= 0.3 is 12.0 Å². The number of carboxylic acids is 1. The van der Waals surface area contributed by atoms with Crippen LogP contribution in [0.3, 0.4) is 0 Å². The molecule has 0 aliphatic carbocycles. The van der Waals surface area contributed by atoms with Crippen molar-refractivity contribution in [2.45, 2.75) is 46.0 Å². The minimum atomic E-state index is -0.775. The van der Waals surface area contributed by atoms with Crippen LogP contribution in [0.15, 0.2) is 0 Å². The first-order chi connectivity index (χ1) is 9.99. The van der Waals surface area contributed by atoms with Crippen molar-refractivity contribution in [3.05, 3.63) is 0 Å². The van der Waals surface area contributed by atoms with Crippen LogP contribution < -0.4 is 0 Å². The zero-order valence-corrected chi connectivity index (χ0v) is 13.3. The lowest BCUT2D eigenvalue weighted by molar-refractivity contribution is -0.143. The van der Waals surface area contributed by atoms with E-state index in [1.807, 2.05) is 4.90 Å². The van der Waals surface area contributed by atoms with Crippen molar-refractivity contribution in [1.29, 1.82) is 0 Å². The molecular weight excluding hydrogens is 268 g/mol. The van der Waals surface area contributed by atoms with E-state index in [4.69, 9.17) is 5.11 Å². The largest absolute Gasteiger partial charge is 0.481 e. The Labute approximate surface area is 127 Å². The fraction of sp³-hybridized carbons (Fsp3) is 0.875. The average Bonchev–Trinajstić information content (AvgIpc) is 2.72. The fourth-order valence-corrected chi connectivity index (χ4v) is 3.53. The van der Waals surface area contributed by atoms with Crippen molar-refractivity contribution in [3.63, 3.8) is 0 Å². The molecule has 2 unspecified atom stereocenters. The Kier molecular flexibility index (Phi) is 5.48. The molecule has 0 aromatic carbocycles. The number of piperidine rings is 1. The lowest BCUT2D eigenvalue weighted by Crippen LogP contribution is -2.49. The molecule has 2 fully saturated rings. The molecule has 2 saturated heterocycles. The molecular formula is C16H28N2O3. The van der Waals surface area contributed by atoms with E-state index in [0.717, 1.165) is 32.4 Å². The smallest absolute Gasteiger partial charge is 0.320 e. The van der Waals surface area contributed by atoms with Crippen LogP contribution in [-0.2, 0) is 4.79 Å². The number of carbonyl (C=O) groups is 2. The zero-order valence-electron chi connectivity index (χ0n) is 13.3. The normalized spacial score (nSPS) is 27.6. The number of hydrogen-bond acceptors (Lipinski definition) is 2. The van der Waals surface area contributed by atoms with Gasteiger partial charge in [0.05, 0.1) is 5.92 Å². The van der Waals surface area contributed by atoms with E-state index >= 15 is 0 Å². The fourth-order valence-electron chi connectivity index (χ4n) is 3.53. The first kappa shape index (κ1) is 16.1. The molecule has 0 bridgehead atoms. The van der Waals surface area contributed by atoms with Gasteiger partial charge in [0.25, 0.3) is 0 Å². The molecule has 21 heavy (non-hydrogen) atoms. The molecule has 5 nitrogen and oxygen atoms in total. The Morgan fingerprint density at radius 2 is 1.67 bits per heavy atom. The van der Waals surface area contributed by atoms with Crippen LogP contribution in [0.4, 0.5) is 4.79 Å². The number of amides is 2. The quantitative estimate of drug-likeness (QED) is 0.852. The van der Waals surface area contributed by atoms with Crippen molar-refractivity contribution >= 4 is 12.0 Å². The van der Waals surface area contributed by atoms with Gasteiger partial charge in [-0.05, 0) is 43.9 Å². The maximum Gasteiger partial charge on any atom is 0.320 e. The summed E-state index contributed by atoms with van der Waals surface area (Å²) in [7, 11) is 0. The van der Waals surface area contributed by atoms with Gasteiger partial charge < -0.3 is 14.9 Å². The Bertz CT molecular complexity index is 384. The Hall–Kier alpha value is -1.26. The molecule has 2 aliphatic heterocycles. The van der Waals surface area contributed by atoms with E-state index in [0.29, 0.717) is 31.3 Å². The molecule has 2 amide bonds. The van der Waals surface area contributed by atoms with Crippen molar-refractivity contribution in [3.8, 4) is 0 Å². The summed E-state index contributed by atoms with van der Waals surface area (Å²) < 4.78 is 0. The summed E-state index contributed by atoms with van der Waals surface area (Å²) in [5.41, 5.74) is 0. The van der Waals surface area contributed by atoms with E-state index in [1.165, 1.54) is 6.42 Å². The number of nitrogens with zero attached hydrogens (tertiary/aromatic N) is 2. The lowest BCUT2D eigenvalue weighted by atomic mass is 9.89. The Morgan fingerprint density at radius 1 is 1.00 bits per heavy atom. The molecule has 1 N–H and O–H groups in total. The third-order valence-corrected chi connectivity index (χ3v) is 5.03. The van der Waals surface area contributed by atoms with E-state index in [2.05, 4.69) is 13.8 Å². The molecule has 2 atom stereocenters. The molecule has 0 radical (unpaired) electrons. The average molecular weight is 296 g/mol. The predicted molar refractivity (Wildman–Crippen MR) is 81.1 cm³/mol. The highest BCUT2D eigenvalue weighted by molar-refractivity contribution is 5.76. The van der Waals surface area contributed by atoms with Gasteiger partial charge in [-0.3, -0.25) is 4.79 Å². The summed E-state index contributed by atoms with van der Waals surface area (Å²) in [5.74, 6) is 0.212. The number of urea groups is 1. The summed E-state index contributed by atoms with van der Waals surface area (Å²) in [4.78, 5) is 27.4. The maximum absolute atomic E-state index is 12.6. The molecule has 0 spiro atoms. The van der Waals surface area contributed by atoms with Gasteiger partial charge in [-0.15, -0.1) is 0 Å². The highest BCUT2D eigenvalue weighted by Crippen LogP contribution is 2.26. The second kappa shape index (κ2) is 7.14. The van der Waals surface area contributed by atoms with Gasteiger partial charge in [0.2, 0.25) is 0 Å². The predicted octanol–water partition coefficient (Wildman–Crippen LogP) is 2.66. The molecule has 2 aliphatic rings. The first-order valence-electron chi connectivity index (χ1n) is 8.25.